The van der Waals surface area contributed by atoms with Crippen LogP contribution in [0.2, 0.25) is 0 Å². The summed E-state index contributed by atoms with van der Waals surface area (Å²) in [6, 6.07) is -0.607. The van der Waals surface area contributed by atoms with Crippen molar-refractivity contribution in [3.63, 3.8) is 0 Å². The molecule has 92 valence electrons. The van der Waals surface area contributed by atoms with E-state index in [1.54, 1.807) is 34.6 Å². The zero-order valence-corrected chi connectivity index (χ0v) is 10.4. The van der Waals surface area contributed by atoms with Crippen molar-refractivity contribution >= 4 is 11.9 Å². The maximum Gasteiger partial charge on any atom is 0.408 e. The van der Waals surface area contributed by atoms with Crippen molar-refractivity contribution in [3.8, 4) is 0 Å². The Labute approximate surface area is 95.5 Å². The number of amides is 1. The average Bonchev–Trinajstić information content (AvgIpc) is 2.28. The highest BCUT2D eigenvalue weighted by atomic mass is 16.6. The molecular weight excluding hydrogens is 210 g/mol. The van der Waals surface area contributed by atoms with Gasteiger partial charge >= 0.3 is 6.09 Å². The van der Waals surface area contributed by atoms with Crippen molar-refractivity contribution < 1.29 is 19.1 Å². The van der Waals surface area contributed by atoms with E-state index in [-0.39, 0.29) is 12.4 Å². The second-order valence-corrected chi connectivity index (χ2v) is 5.38. The summed E-state index contributed by atoms with van der Waals surface area (Å²) in [6.45, 7) is 8.87. The minimum absolute atomic E-state index is 0.127. The standard InChI is InChI=1S/C11H19NO4/c1-10(2,3)16-9(14)12-7-6-15-11(4,5)8(7)13/h7H,6H2,1-5H3,(H,12,14). The third-order valence-corrected chi connectivity index (χ3v) is 2.21. The minimum atomic E-state index is -0.820. The van der Waals surface area contributed by atoms with Gasteiger partial charge in [0, 0.05) is 0 Å². The van der Waals surface area contributed by atoms with Crippen LogP contribution in [-0.2, 0) is 14.3 Å². The zero-order valence-electron chi connectivity index (χ0n) is 10.4. The predicted molar refractivity (Wildman–Crippen MR) is 58.2 cm³/mol. The molecule has 1 atom stereocenters. The van der Waals surface area contributed by atoms with Crippen LogP contribution in [0.4, 0.5) is 4.79 Å². The second-order valence-electron chi connectivity index (χ2n) is 5.38. The van der Waals surface area contributed by atoms with Crippen molar-refractivity contribution in [1.29, 1.82) is 0 Å². The maximum atomic E-state index is 11.7. The molecule has 1 amide bonds. The van der Waals surface area contributed by atoms with Crippen molar-refractivity contribution in [1.82, 2.24) is 5.32 Å². The van der Waals surface area contributed by atoms with Crippen LogP contribution in [-0.4, -0.2) is 35.7 Å². The van der Waals surface area contributed by atoms with Crippen LogP contribution >= 0.6 is 0 Å². The van der Waals surface area contributed by atoms with E-state index in [1.165, 1.54) is 0 Å². The summed E-state index contributed by atoms with van der Waals surface area (Å²) in [6.07, 6.45) is -0.591. The normalized spacial score (nSPS) is 24.3. The Balaban J connectivity index is 2.51. The molecule has 0 aromatic heterocycles. The number of rotatable bonds is 1. The molecule has 1 aliphatic heterocycles. The lowest BCUT2D eigenvalue weighted by Crippen LogP contribution is -2.45. The third-order valence-electron chi connectivity index (χ3n) is 2.21. The molecule has 5 nitrogen and oxygen atoms in total. The number of ketones is 1. The molecule has 16 heavy (non-hydrogen) atoms. The summed E-state index contributed by atoms with van der Waals surface area (Å²) in [4.78, 5) is 23.2. The van der Waals surface area contributed by atoms with Gasteiger partial charge in [-0.25, -0.2) is 4.79 Å². The molecule has 0 bridgehead atoms. The van der Waals surface area contributed by atoms with Crippen LogP contribution in [0.15, 0.2) is 0 Å². The molecule has 1 fully saturated rings. The fraction of sp³-hybridized carbons (Fsp3) is 0.818. The highest BCUT2D eigenvalue weighted by Crippen LogP contribution is 2.21. The molecule has 0 radical (unpaired) electrons. The van der Waals surface area contributed by atoms with E-state index in [1.807, 2.05) is 0 Å². The van der Waals surface area contributed by atoms with Gasteiger partial charge in [-0.2, -0.15) is 0 Å². The molecule has 5 heteroatoms. The maximum absolute atomic E-state index is 11.7. The smallest absolute Gasteiger partial charge is 0.408 e. The molecule has 0 spiro atoms. The Bertz CT molecular complexity index is 304. The topological polar surface area (TPSA) is 64.6 Å². The van der Waals surface area contributed by atoms with Gasteiger partial charge in [0.05, 0.1) is 6.61 Å². The van der Waals surface area contributed by atoms with E-state index in [0.29, 0.717) is 0 Å². The number of ether oxygens (including phenoxy) is 2. The first-order chi connectivity index (χ1) is 7.12. The summed E-state index contributed by atoms with van der Waals surface area (Å²) >= 11 is 0. The Hall–Kier alpha value is -1.10. The number of alkyl carbamates (subject to hydrolysis) is 1. The molecule has 0 saturated carbocycles. The van der Waals surface area contributed by atoms with E-state index >= 15 is 0 Å². The fourth-order valence-corrected chi connectivity index (χ4v) is 1.42. The lowest BCUT2D eigenvalue weighted by molar-refractivity contribution is -0.129. The second kappa shape index (κ2) is 4.05. The van der Waals surface area contributed by atoms with Gasteiger partial charge in [0.15, 0.2) is 5.78 Å². The lowest BCUT2D eigenvalue weighted by Gasteiger charge is -2.21. The van der Waals surface area contributed by atoms with Crippen molar-refractivity contribution in [2.24, 2.45) is 0 Å². The van der Waals surface area contributed by atoms with Crippen molar-refractivity contribution in [2.75, 3.05) is 6.61 Å². The first-order valence-corrected chi connectivity index (χ1v) is 5.29. The molecular formula is C11H19NO4. The van der Waals surface area contributed by atoms with E-state index < -0.39 is 23.3 Å². The number of hydrogen-bond acceptors (Lipinski definition) is 4. The number of nitrogens with one attached hydrogen (secondary N) is 1. The van der Waals surface area contributed by atoms with Crippen LogP contribution in [0.25, 0.3) is 0 Å². The number of Topliss-reactive ketones (excluding diaryl/α,β-unsaturated/α-hetero) is 1. The number of carbonyl (C=O) groups is 2. The average molecular weight is 229 g/mol. The molecule has 0 aromatic carbocycles. The van der Waals surface area contributed by atoms with E-state index in [2.05, 4.69) is 5.32 Å². The van der Waals surface area contributed by atoms with Crippen LogP contribution in [0.1, 0.15) is 34.6 Å². The molecule has 1 unspecified atom stereocenters. The highest BCUT2D eigenvalue weighted by Gasteiger charge is 2.42. The summed E-state index contributed by atoms with van der Waals surface area (Å²) in [5.74, 6) is -0.127. The summed E-state index contributed by atoms with van der Waals surface area (Å²) in [7, 11) is 0. The molecule has 1 heterocycles. The minimum Gasteiger partial charge on any atom is -0.444 e. The first-order valence-electron chi connectivity index (χ1n) is 5.29. The van der Waals surface area contributed by atoms with Crippen LogP contribution in [0, 0.1) is 0 Å². The Morgan fingerprint density at radius 1 is 1.50 bits per heavy atom. The fourth-order valence-electron chi connectivity index (χ4n) is 1.42. The molecule has 1 N–H and O–H groups in total. The largest absolute Gasteiger partial charge is 0.444 e. The Kier molecular flexibility index (Phi) is 3.28. The van der Waals surface area contributed by atoms with Gasteiger partial charge in [-0.3, -0.25) is 4.79 Å². The predicted octanol–water partition coefficient (Wildman–Crippen LogP) is 1.26. The van der Waals surface area contributed by atoms with Crippen molar-refractivity contribution in [2.45, 2.75) is 51.9 Å². The molecule has 1 aliphatic rings. The van der Waals surface area contributed by atoms with Gasteiger partial charge in [-0.1, -0.05) is 0 Å². The lowest BCUT2D eigenvalue weighted by atomic mass is 10.0. The van der Waals surface area contributed by atoms with E-state index in [9.17, 15) is 9.59 Å². The number of hydrogen-bond donors (Lipinski definition) is 1. The van der Waals surface area contributed by atoms with E-state index in [0.717, 1.165) is 0 Å². The molecule has 1 rings (SSSR count). The Morgan fingerprint density at radius 3 is 2.44 bits per heavy atom. The van der Waals surface area contributed by atoms with Gasteiger partial charge in [0.1, 0.15) is 17.2 Å². The van der Waals surface area contributed by atoms with Gasteiger partial charge in [0.2, 0.25) is 0 Å². The SMILES string of the molecule is CC(C)(C)OC(=O)NC1COC(C)(C)C1=O. The van der Waals surface area contributed by atoms with Crippen molar-refractivity contribution in [3.05, 3.63) is 0 Å². The monoisotopic (exact) mass is 229 g/mol. The van der Waals surface area contributed by atoms with Gasteiger partial charge in [-0.15, -0.1) is 0 Å². The Morgan fingerprint density at radius 2 is 2.06 bits per heavy atom. The van der Waals surface area contributed by atoms with Gasteiger partial charge in [-0.05, 0) is 34.6 Å². The van der Waals surface area contributed by atoms with Crippen LogP contribution < -0.4 is 5.32 Å². The van der Waals surface area contributed by atoms with Gasteiger partial charge < -0.3 is 14.8 Å². The molecule has 1 saturated heterocycles. The van der Waals surface area contributed by atoms with Gasteiger partial charge in [0.25, 0.3) is 0 Å². The highest BCUT2D eigenvalue weighted by molar-refractivity contribution is 5.95. The summed E-state index contributed by atoms with van der Waals surface area (Å²) < 4.78 is 10.3. The quantitative estimate of drug-likeness (QED) is 0.735. The number of carbonyl (C=O) groups excluding carboxylic acids is 2. The first kappa shape index (κ1) is 13.0. The van der Waals surface area contributed by atoms with Crippen LogP contribution in [0.5, 0.6) is 0 Å². The summed E-state index contributed by atoms with van der Waals surface area (Å²) in [5, 5.41) is 2.51. The summed E-state index contributed by atoms with van der Waals surface area (Å²) in [5.41, 5.74) is -1.39. The molecule has 0 aromatic rings. The van der Waals surface area contributed by atoms with Crippen LogP contribution in [0.3, 0.4) is 0 Å². The molecule has 0 aliphatic carbocycles. The van der Waals surface area contributed by atoms with E-state index in [4.69, 9.17) is 9.47 Å². The third kappa shape index (κ3) is 3.20. The zero-order chi connectivity index (χ0) is 12.6.